The summed E-state index contributed by atoms with van der Waals surface area (Å²) in [5.74, 6) is -2.53. The molecule has 2 atom stereocenters. The van der Waals surface area contributed by atoms with Crippen LogP contribution in [-0.2, 0) is 9.59 Å². The number of carbonyl (C=O) groups is 2. The smallest absolute Gasteiger partial charge is 0.327 e. The lowest BCUT2D eigenvalue weighted by Gasteiger charge is -2.19. The van der Waals surface area contributed by atoms with Crippen LogP contribution in [0.15, 0.2) is 24.3 Å². The third-order valence-electron chi connectivity index (χ3n) is 4.06. The van der Waals surface area contributed by atoms with Crippen molar-refractivity contribution in [1.82, 2.24) is 4.57 Å². The number of aromatic hydroxyl groups is 1. The van der Waals surface area contributed by atoms with Gasteiger partial charge in [0.25, 0.3) is 0 Å². The molecule has 3 rings (SSSR count). The molecule has 1 aromatic carbocycles. The van der Waals surface area contributed by atoms with Gasteiger partial charge in [0.1, 0.15) is 12.0 Å². The largest absolute Gasteiger partial charge is 0.494 e. The van der Waals surface area contributed by atoms with Gasteiger partial charge in [-0.3, -0.25) is 9.36 Å². The summed E-state index contributed by atoms with van der Waals surface area (Å²) in [5, 5.41) is 22.9. The van der Waals surface area contributed by atoms with Crippen molar-refractivity contribution in [3.8, 4) is 5.88 Å². The number of para-hydroxylation sites is 1. The van der Waals surface area contributed by atoms with Gasteiger partial charge in [0.2, 0.25) is 11.8 Å². The summed E-state index contributed by atoms with van der Waals surface area (Å²) >= 11 is 6.35. The summed E-state index contributed by atoms with van der Waals surface area (Å²) in [6.07, 6.45) is 0. The number of anilines is 1. The van der Waals surface area contributed by atoms with Crippen LogP contribution >= 0.6 is 23.6 Å². The minimum atomic E-state index is -1.07. The second-order valence-corrected chi connectivity index (χ2v) is 7.64. The standard InChI is InChI=1S/C16H16N2O4S2/c1-7(2)11(15(21)22)18-14(20)12(24-16(18)23)10-8-5-3-4-6-9(8)17-13(10)19/h3-7,10-11,20H,1-2H3,(H,17,19)(H,21,22). The average Bonchev–Trinajstić information content (AvgIpc) is 2.97. The molecule has 6 nitrogen and oxygen atoms in total. The Kier molecular flexibility index (Phi) is 4.18. The van der Waals surface area contributed by atoms with Crippen LogP contribution < -0.4 is 5.32 Å². The van der Waals surface area contributed by atoms with Gasteiger partial charge in [-0.25, -0.2) is 4.79 Å². The van der Waals surface area contributed by atoms with E-state index in [4.69, 9.17) is 12.2 Å². The fourth-order valence-corrected chi connectivity index (χ4v) is 4.49. The third-order valence-corrected chi connectivity index (χ3v) is 5.52. The van der Waals surface area contributed by atoms with Crippen molar-refractivity contribution in [3.05, 3.63) is 38.7 Å². The number of aliphatic carboxylic acids is 1. The molecule has 1 aliphatic rings. The zero-order valence-electron chi connectivity index (χ0n) is 13.0. The number of nitrogens with zero attached hydrogens (tertiary/aromatic N) is 1. The van der Waals surface area contributed by atoms with E-state index >= 15 is 0 Å². The molecular weight excluding hydrogens is 348 g/mol. The summed E-state index contributed by atoms with van der Waals surface area (Å²) in [7, 11) is 0. The van der Waals surface area contributed by atoms with Gasteiger partial charge in [-0.2, -0.15) is 0 Å². The molecule has 0 aliphatic carbocycles. The summed E-state index contributed by atoms with van der Waals surface area (Å²) < 4.78 is 1.47. The van der Waals surface area contributed by atoms with Crippen LogP contribution in [0.5, 0.6) is 5.88 Å². The van der Waals surface area contributed by atoms with Crippen molar-refractivity contribution < 1.29 is 19.8 Å². The van der Waals surface area contributed by atoms with E-state index in [1.54, 1.807) is 19.9 Å². The van der Waals surface area contributed by atoms with E-state index in [0.29, 0.717) is 10.6 Å². The third kappa shape index (κ3) is 2.51. The van der Waals surface area contributed by atoms with Gasteiger partial charge < -0.3 is 15.5 Å². The SMILES string of the molecule is CC(C)C(C(=O)O)n1c(O)c(C2C(=O)Nc3ccccc32)sc1=S. The van der Waals surface area contributed by atoms with Crippen molar-refractivity contribution >= 4 is 41.1 Å². The number of benzene rings is 1. The number of carbonyl (C=O) groups excluding carboxylic acids is 1. The van der Waals surface area contributed by atoms with Crippen LogP contribution in [-0.4, -0.2) is 26.7 Å². The van der Waals surface area contributed by atoms with E-state index in [0.717, 1.165) is 16.9 Å². The molecule has 24 heavy (non-hydrogen) atoms. The Morgan fingerprint density at radius 2 is 2.04 bits per heavy atom. The quantitative estimate of drug-likeness (QED) is 0.724. The van der Waals surface area contributed by atoms with Gasteiger partial charge >= 0.3 is 5.97 Å². The number of rotatable bonds is 4. The first-order valence-corrected chi connectivity index (χ1v) is 8.62. The second kappa shape index (κ2) is 6.03. The number of fused-ring (bicyclic) bond motifs is 1. The summed E-state index contributed by atoms with van der Waals surface area (Å²) in [6, 6.07) is 6.24. The molecule has 8 heteroatoms. The molecule has 0 spiro atoms. The van der Waals surface area contributed by atoms with Gasteiger partial charge in [0.15, 0.2) is 3.95 Å². The topological polar surface area (TPSA) is 91.6 Å². The van der Waals surface area contributed by atoms with E-state index in [-0.39, 0.29) is 21.7 Å². The maximum absolute atomic E-state index is 12.4. The molecule has 2 unspecified atom stereocenters. The van der Waals surface area contributed by atoms with Crippen molar-refractivity contribution in [1.29, 1.82) is 0 Å². The predicted octanol–water partition coefficient (Wildman–Crippen LogP) is 3.35. The van der Waals surface area contributed by atoms with E-state index in [1.165, 1.54) is 4.57 Å². The molecule has 0 saturated heterocycles. The van der Waals surface area contributed by atoms with Gasteiger partial charge in [-0.15, -0.1) is 11.3 Å². The number of thiazole rings is 1. The highest BCUT2D eigenvalue weighted by atomic mass is 32.1. The molecule has 3 N–H and O–H groups in total. The molecule has 2 aromatic rings. The molecule has 1 aliphatic heterocycles. The lowest BCUT2D eigenvalue weighted by atomic mass is 9.99. The first kappa shape index (κ1) is 16.7. The Bertz CT molecular complexity index is 884. The molecule has 126 valence electrons. The van der Waals surface area contributed by atoms with Crippen LogP contribution in [0.25, 0.3) is 0 Å². The summed E-state index contributed by atoms with van der Waals surface area (Å²) in [4.78, 5) is 24.3. The van der Waals surface area contributed by atoms with Gasteiger partial charge in [-0.1, -0.05) is 32.0 Å². The van der Waals surface area contributed by atoms with E-state index in [2.05, 4.69) is 5.32 Å². The van der Waals surface area contributed by atoms with Crippen LogP contribution in [0, 0.1) is 9.87 Å². The maximum Gasteiger partial charge on any atom is 0.327 e. The van der Waals surface area contributed by atoms with Crippen LogP contribution in [0.1, 0.15) is 36.2 Å². The number of carboxylic acids is 1. The van der Waals surface area contributed by atoms with Gasteiger partial charge in [-0.05, 0) is 29.8 Å². The van der Waals surface area contributed by atoms with Crippen LogP contribution in [0.3, 0.4) is 0 Å². The Morgan fingerprint density at radius 3 is 2.67 bits per heavy atom. The number of hydrogen-bond acceptors (Lipinski definition) is 5. The Balaban J connectivity index is 2.16. The number of carboxylic acid groups (broad SMARTS) is 1. The summed E-state index contributed by atoms with van der Waals surface area (Å²) in [6.45, 7) is 3.49. The molecule has 0 fully saturated rings. The van der Waals surface area contributed by atoms with E-state index in [1.807, 2.05) is 18.2 Å². The van der Waals surface area contributed by atoms with Crippen molar-refractivity contribution in [2.24, 2.45) is 5.92 Å². The molecule has 0 saturated carbocycles. The highest BCUT2D eigenvalue weighted by molar-refractivity contribution is 7.73. The first-order chi connectivity index (χ1) is 11.3. The van der Waals surface area contributed by atoms with Crippen molar-refractivity contribution in [2.45, 2.75) is 25.8 Å². The van der Waals surface area contributed by atoms with Crippen molar-refractivity contribution in [2.75, 3.05) is 5.32 Å². The Hall–Kier alpha value is -2.19. The number of aromatic nitrogens is 1. The zero-order chi connectivity index (χ0) is 17.6. The minimum absolute atomic E-state index is 0.237. The minimum Gasteiger partial charge on any atom is -0.494 e. The lowest BCUT2D eigenvalue weighted by Crippen LogP contribution is -2.24. The van der Waals surface area contributed by atoms with E-state index < -0.39 is 17.9 Å². The highest BCUT2D eigenvalue weighted by Crippen LogP contribution is 2.44. The average molecular weight is 364 g/mol. The molecule has 0 bridgehead atoms. The molecule has 0 radical (unpaired) electrons. The van der Waals surface area contributed by atoms with Crippen LogP contribution in [0.4, 0.5) is 5.69 Å². The van der Waals surface area contributed by atoms with Gasteiger partial charge in [0.05, 0.1) is 4.88 Å². The number of hydrogen-bond donors (Lipinski definition) is 3. The Labute approximate surface area is 147 Å². The summed E-state index contributed by atoms with van der Waals surface area (Å²) in [5.41, 5.74) is 1.44. The molecule has 1 aromatic heterocycles. The predicted molar refractivity (Wildman–Crippen MR) is 93.2 cm³/mol. The normalized spacial score (nSPS) is 17.6. The fraction of sp³-hybridized carbons (Fsp3) is 0.312. The maximum atomic E-state index is 12.4. The number of nitrogens with one attached hydrogen (secondary N) is 1. The van der Waals surface area contributed by atoms with Crippen molar-refractivity contribution in [3.63, 3.8) is 0 Å². The fourth-order valence-electron chi connectivity index (χ4n) is 2.99. The van der Waals surface area contributed by atoms with E-state index in [9.17, 15) is 19.8 Å². The highest BCUT2D eigenvalue weighted by Gasteiger charge is 2.38. The first-order valence-electron chi connectivity index (χ1n) is 7.39. The lowest BCUT2D eigenvalue weighted by molar-refractivity contribution is -0.142. The molecular formula is C16H16N2O4S2. The molecule has 1 amide bonds. The Morgan fingerprint density at radius 1 is 1.38 bits per heavy atom. The monoisotopic (exact) mass is 364 g/mol. The number of amides is 1. The zero-order valence-corrected chi connectivity index (χ0v) is 14.6. The second-order valence-electron chi connectivity index (χ2n) is 5.96. The van der Waals surface area contributed by atoms with Gasteiger partial charge in [0, 0.05) is 5.69 Å². The molecule has 2 heterocycles. The van der Waals surface area contributed by atoms with Crippen LogP contribution in [0.2, 0.25) is 0 Å².